The van der Waals surface area contributed by atoms with E-state index in [2.05, 4.69) is 66.5 Å². The van der Waals surface area contributed by atoms with Crippen LogP contribution in [-0.2, 0) is 0 Å². The van der Waals surface area contributed by atoms with Gasteiger partial charge in [-0.3, -0.25) is 0 Å². The van der Waals surface area contributed by atoms with Crippen LogP contribution in [0.5, 0.6) is 0 Å². The molecule has 0 amide bonds. The Morgan fingerprint density at radius 2 is 1.20 bits per heavy atom. The summed E-state index contributed by atoms with van der Waals surface area (Å²) in [6.45, 7) is 0. The Labute approximate surface area is 92.0 Å². The normalized spacial score (nSPS) is 9.87. The van der Waals surface area contributed by atoms with E-state index >= 15 is 0 Å². The topological polar surface area (TPSA) is 0 Å². The maximum Gasteiger partial charge on any atom is -0.00184 e. The lowest BCUT2D eigenvalue weighted by Crippen LogP contribution is -1.68. The maximum atomic E-state index is 2.21. The number of hydrogen-bond acceptors (Lipinski definition) is 0. The zero-order valence-corrected chi connectivity index (χ0v) is 9.43. The van der Waals surface area contributed by atoms with Crippen LogP contribution in [0.3, 0.4) is 0 Å². The minimum Gasteiger partial charge on any atom is -0.132 e. The average Bonchev–Trinajstić information content (AvgIpc) is 2.43. The van der Waals surface area contributed by atoms with Gasteiger partial charge in [0.25, 0.3) is 0 Å². The molecule has 0 saturated carbocycles. The zero-order chi connectivity index (χ0) is 10.3. The van der Waals surface area contributed by atoms with Gasteiger partial charge in [-0.15, -0.1) is 8.19 Å². The highest BCUT2D eigenvalue weighted by atomic mass is 31.0. The molecule has 74 valence electrons. The molecule has 15 heavy (non-hydrogen) atoms. The molecule has 1 heteroatoms. The van der Waals surface area contributed by atoms with Crippen molar-refractivity contribution >= 4 is 8.19 Å². The van der Waals surface area contributed by atoms with E-state index in [1.165, 1.54) is 10.9 Å². The number of hydrogen-bond donors (Lipinski definition) is 0. The van der Waals surface area contributed by atoms with Crippen LogP contribution in [0.4, 0.5) is 0 Å². The molecule has 1 unspecified atom stereocenters. The summed E-state index contributed by atoms with van der Waals surface area (Å²) < 4.78 is 0. The second-order valence-electron chi connectivity index (χ2n) is 3.22. The number of rotatable bonds is 1. The molecule has 1 heterocycles. The van der Waals surface area contributed by atoms with Crippen molar-refractivity contribution < 1.29 is 0 Å². The summed E-state index contributed by atoms with van der Waals surface area (Å²) in [6, 6.07) is 23.1. The highest BCUT2D eigenvalue weighted by Gasteiger charge is 1.90. The summed E-state index contributed by atoms with van der Waals surface area (Å²) in [5, 5.41) is 1.38. The fourth-order valence-electron chi connectivity index (χ4n) is 1.38. The van der Waals surface area contributed by atoms with E-state index in [0.29, 0.717) is 0 Å². The Hall–Kier alpha value is -1.52. The predicted octanol–water partition coefficient (Wildman–Crippen LogP) is 4.51. The molecule has 0 N–H and O–H groups in total. The Bertz CT molecular complexity index is 431. The molecule has 0 aliphatic carbocycles. The van der Waals surface area contributed by atoms with Gasteiger partial charge < -0.3 is 0 Å². The van der Waals surface area contributed by atoms with Gasteiger partial charge in [0.2, 0.25) is 0 Å². The monoisotopic (exact) mass is 212 g/mol. The summed E-state index contributed by atoms with van der Waals surface area (Å²) in [5.74, 6) is 2.21. The molecule has 0 aliphatic rings. The summed E-state index contributed by atoms with van der Waals surface area (Å²) in [7, 11) is 0.732. The minimum atomic E-state index is 0.732. The van der Waals surface area contributed by atoms with Crippen molar-refractivity contribution in [2.75, 3.05) is 0 Å². The Balaban J connectivity index is 2.51. The van der Waals surface area contributed by atoms with Gasteiger partial charge >= 0.3 is 0 Å². The van der Waals surface area contributed by atoms with Gasteiger partial charge in [-0.2, -0.15) is 0 Å². The van der Waals surface area contributed by atoms with Crippen molar-refractivity contribution in [3.05, 3.63) is 72.5 Å². The third-order valence-corrected chi connectivity index (χ3v) is 3.25. The van der Waals surface area contributed by atoms with E-state index in [1.807, 2.05) is 6.07 Å². The van der Waals surface area contributed by atoms with Crippen LogP contribution in [0, 0.1) is 0 Å². The zero-order valence-electron chi connectivity index (χ0n) is 8.43. The van der Waals surface area contributed by atoms with Crippen molar-refractivity contribution in [1.82, 2.24) is 0 Å². The lowest BCUT2D eigenvalue weighted by molar-refractivity contribution is 1.69. The van der Waals surface area contributed by atoms with Crippen molar-refractivity contribution in [3.8, 4) is 10.9 Å². The molecule has 0 fully saturated rings. The van der Waals surface area contributed by atoms with Crippen molar-refractivity contribution in [1.29, 1.82) is 0 Å². The van der Waals surface area contributed by atoms with Crippen LogP contribution in [0.15, 0.2) is 72.5 Å². The SMILES string of the molecule is c1ccc[pH]c(-c2ccccc2)ccc1. The standard InChI is InChI=1S/C14H13P/c1-2-7-11-14(15-12-8-3-1)13-9-5-4-6-10-13/h1-12,15H. The fraction of sp³-hybridized carbons (Fsp3) is 0. The molecule has 1 atom stereocenters. The van der Waals surface area contributed by atoms with E-state index < -0.39 is 0 Å². The molecule has 0 spiro atoms. The van der Waals surface area contributed by atoms with Crippen LogP contribution >= 0.6 is 8.19 Å². The van der Waals surface area contributed by atoms with Gasteiger partial charge in [0.15, 0.2) is 0 Å². The van der Waals surface area contributed by atoms with E-state index in [0.717, 1.165) is 8.19 Å². The van der Waals surface area contributed by atoms with Crippen molar-refractivity contribution in [2.24, 2.45) is 0 Å². The molecule has 2 rings (SSSR count). The van der Waals surface area contributed by atoms with E-state index in [9.17, 15) is 0 Å². The molecule has 2 aromatic rings. The van der Waals surface area contributed by atoms with Crippen molar-refractivity contribution in [2.45, 2.75) is 0 Å². The highest BCUT2D eigenvalue weighted by molar-refractivity contribution is 7.32. The lowest BCUT2D eigenvalue weighted by Gasteiger charge is -1.96. The van der Waals surface area contributed by atoms with E-state index in [4.69, 9.17) is 0 Å². The lowest BCUT2D eigenvalue weighted by atomic mass is 10.2. The minimum absolute atomic E-state index is 0.732. The summed E-state index contributed by atoms with van der Waals surface area (Å²) >= 11 is 0. The van der Waals surface area contributed by atoms with E-state index in [1.54, 1.807) is 0 Å². The Kier molecular flexibility index (Phi) is 3.59. The van der Waals surface area contributed by atoms with Crippen LogP contribution in [0.1, 0.15) is 0 Å². The van der Waals surface area contributed by atoms with Gasteiger partial charge in [0.1, 0.15) is 0 Å². The summed E-state index contributed by atoms with van der Waals surface area (Å²) in [6.07, 6.45) is 0. The second-order valence-corrected chi connectivity index (χ2v) is 4.38. The molecule has 1 aromatic carbocycles. The molecule has 0 bridgehead atoms. The first-order valence-electron chi connectivity index (χ1n) is 4.99. The summed E-state index contributed by atoms with van der Waals surface area (Å²) in [5.41, 5.74) is 1.31. The molecule has 1 aromatic heterocycles. The van der Waals surface area contributed by atoms with Gasteiger partial charge in [-0.25, -0.2) is 0 Å². The maximum absolute atomic E-state index is 2.21. The predicted molar refractivity (Wildman–Crippen MR) is 69.0 cm³/mol. The molecular formula is C14H13P. The first kappa shape index (κ1) is 10.0. The average molecular weight is 212 g/mol. The first-order valence-corrected chi connectivity index (χ1v) is 6.07. The largest absolute Gasteiger partial charge is 0.132 e. The fourth-order valence-corrected chi connectivity index (χ4v) is 2.30. The smallest absolute Gasteiger partial charge is 0.00184 e. The summed E-state index contributed by atoms with van der Waals surface area (Å²) in [4.78, 5) is 0. The molecule has 0 aliphatic heterocycles. The van der Waals surface area contributed by atoms with Crippen molar-refractivity contribution in [3.63, 3.8) is 0 Å². The third-order valence-electron chi connectivity index (χ3n) is 2.13. The third kappa shape index (κ3) is 2.97. The Morgan fingerprint density at radius 3 is 2.07 bits per heavy atom. The van der Waals surface area contributed by atoms with Gasteiger partial charge in [-0.05, 0) is 16.7 Å². The van der Waals surface area contributed by atoms with Gasteiger partial charge in [0, 0.05) is 0 Å². The highest BCUT2D eigenvalue weighted by Crippen LogP contribution is 2.24. The van der Waals surface area contributed by atoms with Gasteiger partial charge in [-0.1, -0.05) is 66.7 Å². The van der Waals surface area contributed by atoms with Crippen LogP contribution in [0.2, 0.25) is 0 Å². The number of benzene rings is 1. The molecular weight excluding hydrogens is 199 g/mol. The Morgan fingerprint density at radius 1 is 0.600 bits per heavy atom. The first-order chi connectivity index (χ1) is 7.47. The van der Waals surface area contributed by atoms with Crippen LogP contribution in [0.25, 0.3) is 10.9 Å². The quantitative estimate of drug-likeness (QED) is 0.652. The van der Waals surface area contributed by atoms with Gasteiger partial charge in [0.05, 0.1) is 0 Å². The van der Waals surface area contributed by atoms with Crippen LogP contribution in [-0.4, -0.2) is 0 Å². The van der Waals surface area contributed by atoms with Crippen LogP contribution < -0.4 is 0 Å². The van der Waals surface area contributed by atoms with E-state index in [-0.39, 0.29) is 0 Å². The molecule has 0 nitrogen and oxygen atoms in total. The second kappa shape index (κ2) is 5.38. The molecule has 0 saturated heterocycles. The molecule has 0 radical (unpaired) electrons.